The van der Waals surface area contributed by atoms with E-state index in [1.165, 1.54) is 6.92 Å². The molecule has 0 aliphatic carbocycles. The summed E-state index contributed by atoms with van der Waals surface area (Å²) in [7, 11) is -2.47. The van der Waals surface area contributed by atoms with Crippen LogP contribution in [0.2, 0.25) is 0 Å². The van der Waals surface area contributed by atoms with Gasteiger partial charge in [-0.25, -0.2) is 0 Å². The lowest BCUT2D eigenvalue weighted by atomic mass is 10.0. The second-order valence-electron chi connectivity index (χ2n) is 6.43. The minimum absolute atomic E-state index is 0.233. The smallest absolute Gasteiger partial charge is 0.243 e. The molecule has 2 aromatic carbocycles. The van der Waals surface area contributed by atoms with Gasteiger partial charge >= 0.3 is 0 Å². The fourth-order valence-corrected chi connectivity index (χ4v) is 4.33. The zero-order chi connectivity index (χ0) is 20.8. The molecule has 149 valence electrons. The first kappa shape index (κ1) is 21.8. The van der Waals surface area contributed by atoms with Crippen LogP contribution in [0.15, 0.2) is 36.4 Å². The van der Waals surface area contributed by atoms with E-state index in [1.54, 1.807) is 44.2 Å². The molecule has 0 aromatic heterocycles. The van der Waals surface area contributed by atoms with Crippen LogP contribution in [0.1, 0.15) is 52.6 Å². The number of ether oxygens (including phenoxy) is 2. The molecule has 0 saturated heterocycles. The van der Waals surface area contributed by atoms with Crippen LogP contribution in [0.4, 0.5) is 0 Å². The molecule has 0 saturated carbocycles. The van der Waals surface area contributed by atoms with E-state index in [9.17, 15) is 14.2 Å². The fraction of sp³-hybridized carbons (Fsp3) is 0.364. The van der Waals surface area contributed by atoms with Gasteiger partial charge in [-0.05, 0) is 57.9 Å². The van der Waals surface area contributed by atoms with E-state index in [-0.39, 0.29) is 5.56 Å². The average Bonchev–Trinajstić information content (AvgIpc) is 2.67. The van der Waals surface area contributed by atoms with Crippen LogP contribution in [0.3, 0.4) is 0 Å². The molecule has 0 bridgehead atoms. The standard InChI is InChI=1S/C22H26O5P/c1-6-26-17-12-9-13-18(27-7-2)20(17)21(23)16(5)28(25)22(24)19-14(3)10-8-11-15(19)4/h8-13,16H,6-7H2,1-5H3. The van der Waals surface area contributed by atoms with Gasteiger partial charge in [0.2, 0.25) is 5.52 Å². The van der Waals surface area contributed by atoms with Gasteiger partial charge in [0.25, 0.3) is 0 Å². The number of hydrogen-bond donors (Lipinski definition) is 0. The van der Waals surface area contributed by atoms with Crippen molar-refractivity contribution in [2.45, 2.75) is 40.3 Å². The minimum Gasteiger partial charge on any atom is -0.493 e. The van der Waals surface area contributed by atoms with Crippen LogP contribution in [0, 0.1) is 13.8 Å². The largest absolute Gasteiger partial charge is 0.493 e. The minimum atomic E-state index is -2.47. The Bertz CT molecular complexity index is 859. The molecular weight excluding hydrogens is 375 g/mol. The number of carbonyl (C=O) groups excluding carboxylic acids is 2. The Labute approximate surface area is 166 Å². The fourth-order valence-electron chi connectivity index (χ4n) is 3.06. The molecule has 0 spiro atoms. The molecule has 2 aromatic rings. The zero-order valence-corrected chi connectivity index (χ0v) is 17.8. The maximum Gasteiger partial charge on any atom is 0.243 e. The summed E-state index contributed by atoms with van der Waals surface area (Å²) < 4.78 is 24.2. The lowest BCUT2D eigenvalue weighted by Gasteiger charge is -2.17. The van der Waals surface area contributed by atoms with Crippen LogP contribution in [-0.2, 0) is 4.57 Å². The molecule has 2 atom stereocenters. The van der Waals surface area contributed by atoms with Crippen LogP contribution < -0.4 is 9.47 Å². The predicted octanol–water partition coefficient (Wildman–Crippen LogP) is 5.34. The zero-order valence-electron chi connectivity index (χ0n) is 16.9. The van der Waals surface area contributed by atoms with Gasteiger partial charge in [-0.3, -0.25) is 14.2 Å². The van der Waals surface area contributed by atoms with E-state index in [1.807, 2.05) is 19.9 Å². The first-order chi connectivity index (χ1) is 13.3. The summed E-state index contributed by atoms with van der Waals surface area (Å²) in [6, 6.07) is 10.5. The second-order valence-corrected chi connectivity index (χ2v) is 8.27. The number of hydrogen-bond acceptors (Lipinski definition) is 5. The summed E-state index contributed by atoms with van der Waals surface area (Å²) in [6.45, 7) is 9.49. The molecule has 0 fully saturated rings. The maximum atomic E-state index is 13.2. The first-order valence-electron chi connectivity index (χ1n) is 9.33. The van der Waals surface area contributed by atoms with Crippen molar-refractivity contribution in [1.82, 2.24) is 0 Å². The van der Waals surface area contributed by atoms with Gasteiger partial charge in [-0.15, -0.1) is 0 Å². The Morgan fingerprint density at radius 2 is 1.36 bits per heavy atom. The van der Waals surface area contributed by atoms with Gasteiger partial charge in [0, 0.05) is 5.56 Å². The highest BCUT2D eigenvalue weighted by Crippen LogP contribution is 2.40. The van der Waals surface area contributed by atoms with Gasteiger partial charge in [0.1, 0.15) is 17.1 Å². The summed E-state index contributed by atoms with van der Waals surface area (Å²) in [6.07, 6.45) is 0. The summed E-state index contributed by atoms with van der Waals surface area (Å²) in [5.74, 6) is 0.314. The molecule has 0 heterocycles. The Balaban J connectivity index is 2.41. The molecule has 2 unspecified atom stereocenters. The van der Waals surface area contributed by atoms with Crippen molar-refractivity contribution < 1.29 is 23.6 Å². The molecule has 0 amide bonds. The Kier molecular flexibility index (Phi) is 7.47. The number of ketones is 1. The van der Waals surface area contributed by atoms with Crippen LogP contribution >= 0.6 is 7.80 Å². The molecule has 2 rings (SSSR count). The summed E-state index contributed by atoms with van der Waals surface area (Å²) in [5, 5.41) is 0. The van der Waals surface area contributed by atoms with Gasteiger partial charge in [0.05, 0.1) is 18.9 Å². The van der Waals surface area contributed by atoms with E-state index in [0.29, 0.717) is 30.3 Å². The SMILES string of the molecule is CCOc1cccc(OCC)c1C(=O)C(C)[P](=O)C(=O)c1c(C)cccc1C. The first-order valence-corrected chi connectivity index (χ1v) is 10.7. The quantitative estimate of drug-likeness (QED) is 0.419. The van der Waals surface area contributed by atoms with Crippen molar-refractivity contribution in [3.63, 3.8) is 0 Å². The van der Waals surface area contributed by atoms with E-state index < -0.39 is 24.8 Å². The highest BCUT2D eigenvalue weighted by atomic mass is 31.1. The van der Waals surface area contributed by atoms with E-state index in [2.05, 4.69) is 0 Å². The lowest BCUT2D eigenvalue weighted by Crippen LogP contribution is -2.19. The molecule has 5 nitrogen and oxygen atoms in total. The molecular formula is C22H26O5P. The molecule has 28 heavy (non-hydrogen) atoms. The third kappa shape index (κ3) is 4.48. The third-order valence-electron chi connectivity index (χ3n) is 4.46. The molecule has 0 aliphatic heterocycles. The van der Waals surface area contributed by atoms with Crippen LogP contribution in [-0.4, -0.2) is 30.2 Å². The monoisotopic (exact) mass is 401 g/mol. The number of aryl methyl sites for hydroxylation is 2. The molecule has 1 radical (unpaired) electrons. The Morgan fingerprint density at radius 1 is 0.893 bits per heavy atom. The number of Topliss-reactive ketones (excluding diaryl/α,β-unsaturated/α-hetero) is 1. The van der Waals surface area contributed by atoms with Gasteiger partial charge < -0.3 is 9.47 Å². The third-order valence-corrected chi connectivity index (χ3v) is 6.02. The molecule has 0 N–H and O–H groups in total. The van der Waals surface area contributed by atoms with Crippen LogP contribution in [0.25, 0.3) is 0 Å². The van der Waals surface area contributed by atoms with Gasteiger partial charge in [0.15, 0.2) is 13.6 Å². The molecule has 6 heteroatoms. The van der Waals surface area contributed by atoms with Gasteiger partial charge in [-0.2, -0.15) is 0 Å². The topological polar surface area (TPSA) is 69.7 Å². The Morgan fingerprint density at radius 3 is 1.82 bits per heavy atom. The summed E-state index contributed by atoms with van der Waals surface area (Å²) in [4.78, 5) is 26.1. The second kappa shape index (κ2) is 9.61. The van der Waals surface area contributed by atoms with Crippen molar-refractivity contribution >= 4 is 19.1 Å². The van der Waals surface area contributed by atoms with Crippen LogP contribution in [0.5, 0.6) is 11.5 Å². The normalized spacial score (nSPS) is 12.2. The number of benzene rings is 2. The highest BCUT2D eigenvalue weighted by Gasteiger charge is 2.33. The van der Waals surface area contributed by atoms with Crippen molar-refractivity contribution in [2.75, 3.05) is 13.2 Å². The van der Waals surface area contributed by atoms with E-state index in [0.717, 1.165) is 11.1 Å². The summed E-state index contributed by atoms with van der Waals surface area (Å²) in [5.41, 5.74) is 0.652. The van der Waals surface area contributed by atoms with E-state index >= 15 is 0 Å². The average molecular weight is 401 g/mol. The van der Waals surface area contributed by atoms with Crippen molar-refractivity contribution in [1.29, 1.82) is 0 Å². The van der Waals surface area contributed by atoms with Crippen molar-refractivity contribution in [2.24, 2.45) is 0 Å². The number of rotatable bonds is 9. The maximum absolute atomic E-state index is 13.2. The Hall–Kier alpha value is -2.52. The van der Waals surface area contributed by atoms with Gasteiger partial charge in [-0.1, -0.05) is 24.3 Å². The predicted molar refractivity (Wildman–Crippen MR) is 110 cm³/mol. The summed E-state index contributed by atoms with van der Waals surface area (Å²) >= 11 is 0. The van der Waals surface area contributed by atoms with E-state index in [4.69, 9.17) is 9.47 Å². The van der Waals surface area contributed by atoms with Crippen molar-refractivity contribution in [3.05, 3.63) is 58.7 Å². The highest BCUT2D eigenvalue weighted by molar-refractivity contribution is 7.66. The van der Waals surface area contributed by atoms with Crippen molar-refractivity contribution in [3.8, 4) is 11.5 Å². The molecule has 0 aliphatic rings. The lowest BCUT2D eigenvalue weighted by molar-refractivity contribution is 0.0975. The number of carbonyl (C=O) groups is 2.